The lowest BCUT2D eigenvalue weighted by Gasteiger charge is -2.19. The molecule has 0 spiro atoms. The van der Waals surface area contributed by atoms with Crippen LogP contribution in [0.25, 0.3) is 0 Å². The number of carbonyl (C=O) groups excluding carboxylic acids is 1. The average molecular weight is 330 g/mol. The van der Waals surface area contributed by atoms with Gasteiger partial charge in [0.05, 0.1) is 11.3 Å². The van der Waals surface area contributed by atoms with Crippen molar-refractivity contribution in [3.8, 4) is 5.75 Å². The van der Waals surface area contributed by atoms with E-state index in [9.17, 15) is 4.79 Å². The largest absolute Gasteiger partial charge is 0.490 e. The Hall–Kier alpha value is -2.27. The molecule has 0 bridgehead atoms. The summed E-state index contributed by atoms with van der Waals surface area (Å²) >= 11 is 0. The quantitative estimate of drug-likeness (QED) is 0.798. The van der Waals surface area contributed by atoms with Crippen molar-refractivity contribution in [2.75, 3.05) is 31.6 Å². The molecule has 0 aliphatic heterocycles. The normalized spacial score (nSPS) is 10.9. The van der Waals surface area contributed by atoms with Gasteiger partial charge in [-0.05, 0) is 45.1 Å². The summed E-state index contributed by atoms with van der Waals surface area (Å²) < 4.78 is 11.3. The first-order valence-electron chi connectivity index (χ1n) is 8.37. The highest BCUT2D eigenvalue weighted by Gasteiger charge is 2.15. The number of para-hydroxylation sites is 2. The van der Waals surface area contributed by atoms with Crippen LogP contribution in [0.15, 0.2) is 34.7 Å². The number of anilines is 1. The first kappa shape index (κ1) is 18.1. The molecule has 1 heterocycles. The molecule has 0 radical (unpaired) electrons. The monoisotopic (exact) mass is 330 g/mol. The summed E-state index contributed by atoms with van der Waals surface area (Å²) in [6, 6.07) is 9.22. The second-order valence-electron chi connectivity index (χ2n) is 5.65. The maximum absolute atomic E-state index is 12.4. The third-order valence-electron chi connectivity index (χ3n) is 3.98. The molecular formula is C19H26N2O3. The van der Waals surface area contributed by atoms with Crippen LogP contribution in [0, 0.1) is 13.8 Å². The molecule has 5 heteroatoms. The Balaban J connectivity index is 2.03. The van der Waals surface area contributed by atoms with E-state index < -0.39 is 0 Å². The van der Waals surface area contributed by atoms with E-state index in [2.05, 4.69) is 24.1 Å². The van der Waals surface area contributed by atoms with Gasteiger partial charge in [0.2, 0.25) is 0 Å². The van der Waals surface area contributed by atoms with Gasteiger partial charge < -0.3 is 19.4 Å². The Morgan fingerprint density at radius 1 is 1.21 bits per heavy atom. The van der Waals surface area contributed by atoms with Crippen molar-refractivity contribution in [2.24, 2.45) is 0 Å². The fourth-order valence-corrected chi connectivity index (χ4v) is 2.57. The Bertz CT molecular complexity index is 675. The van der Waals surface area contributed by atoms with Gasteiger partial charge in [-0.1, -0.05) is 26.0 Å². The highest BCUT2D eigenvalue weighted by molar-refractivity contribution is 6.05. The standard InChI is InChI=1S/C19H26N2O3/c1-5-21(6-2)11-12-23-18-10-8-7-9-17(18)20-19(22)16-13-14(3)24-15(16)4/h7-10,13H,5-6,11-12H2,1-4H3,(H,20,22). The first-order chi connectivity index (χ1) is 11.5. The van der Waals surface area contributed by atoms with Gasteiger partial charge in [-0.25, -0.2) is 0 Å². The number of likely N-dealkylation sites (N-methyl/N-ethyl adjacent to an activating group) is 1. The fourth-order valence-electron chi connectivity index (χ4n) is 2.57. The van der Waals surface area contributed by atoms with E-state index in [1.165, 1.54) is 0 Å². The lowest BCUT2D eigenvalue weighted by molar-refractivity contribution is 0.102. The second-order valence-corrected chi connectivity index (χ2v) is 5.65. The molecule has 0 saturated heterocycles. The predicted octanol–water partition coefficient (Wildman–Crippen LogP) is 3.87. The number of rotatable bonds is 8. The lowest BCUT2D eigenvalue weighted by Crippen LogP contribution is -2.28. The van der Waals surface area contributed by atoms with Crippen molar-refractivity contribution in [3.05, 3.63) is 47.4 Å². The van der Waals surface area contributed by atoms with Crippen molar-refractivity contribution in [3.63, 3.8) is 0 Å². The van der Waals surface area contributed by atoms with Crippen molar-refractivity contribution in [1.29, 1.82) is 0 Å². The maximum atomic E-state index is 12.4. The zero-order chi connectivity index (χ0) is 17.5. The summed E-state index contributed by atoms with van der Waals surface area (Å²) in [6.07, 6.45) is 0. The van der Waals surface area contributed by atoms with Crippen LogP contribution in [0.3, 0.4) is 0 Å². The van der Waals surface area contributed by atoms with Gasteiger partial charge in [0, 0.05) is 6.54 Å². The van der Waals surface area contributed by atoms with E-state index >= 15 is 0 Å². The molecule has 1 N–H and O–H groups in total. The topological polar surface area (TPSA) is 54.7 Å². The second kappa shape index (κ2) is 8.55. The Kier molecular flexibility index (Phi) is 6.44. The molecule has 130 valence electrons. The van der Waals surface area contributed by atoms with Gasteiger partial charge in [0.15, 0.2) is 0 Å². The van der Waals surface area contributed by atoms with Gasteiger partial charge in [0.25, 0.3) is 5.91 Å². The summed E-state index contributed by atoms with van der Waals surface area (Å²) in [5.41, 5.74) is 1.21. The van der Waals surface area contributed by atoms with Crippen LogP contribution in [0.4, 0.5) is 5.69 Å². The van der Waals surface area contributed by atoms with E-state index in [1.807, 2.05) is 31.2 Å². The number of hydrogen-bond donors (Lipinski definition) is 1. The number of nitrogens with zero attached hydrogens (tertiary/aromatic N) is 1. The number of aryl methyl sites for hydroxylation is 2. The summed E-state index contributed by atoms with van der Waals surface area (Å²) in [5.74, 6) is 1.83. The van der Waals surface area contributed by atoms with Gasteiger partial charge in [0.1, 0.15) is 23.9 Å². The Morgan fingerprint density at radius 2 is 1.92 bits per heavy atom. The van der Waals surface area contributed by atoms with E-state index in [4.69, 9.17) is 9.15 Å². The number of carbonyl (C=O) groups is 1. The molecular weight excluding hydrogens is 304 g/mol. The van der Waals surface area contributed by atoms with Crippen LogP contribution in [0.5, 0.6) is 5.75 Å². The maximum Gasteiger partial charge on any atom is 0.259 e. The number of amides is 1. The Labute approximate surface area is 143 Å². The number of ether oxygens (including phenoxy) is 1. The van der Waals surface area contributed by atoms with E-state index in [0.29, 0.717) is 29.4 Å². The zero-order valence-electron chi connectivity index (χ0n) is 14.9. The third-order valence-corrected chi connectivity index (χ3v) is 3.98. The van der Waals surface area contributed by atoms with E-state index in [1.54, 1.807) is 13.0 Å². The molecule has 0 atom stereocenters. The predicted molar refractivity (Wildman–Crippen MR) is 95.9 cm³/mol. The highest BCUT2D eigenvalue weighted by Crippen LogP contribution is 2.25. The van der Waals surface area contributed by atoms with E-state index in [0.717, 1.165) is 25.4 Å². The summed E-state index contributed by atoms with van der Waals surface area (Å²) in [5, 5.41) is 2.91. The summed E-state index contributed by atoms with van der Waals surface area (Å²) in [4.78, 5) is 14.7. The minimum atomic E-state index is -0.191. The van der Waals surface area contributed by atoms with Gasteiger partial charge in [-0.2, -0.15) is 0 Å². The van der Waals surface area contributed by atoms with Gasteiger partial charge in [-0.15, -0.1) is 0 Å². The number of benzene rings is 1. The molecule has 0 aliphatic carbocycles. The molecule has 0 saturated carbocycles. The molecule has 24 heavy (non-hydrogen) atoms. The van der Waals surface area contributed by atoms with Crippen LogP contribution >= 0.6 is 0 Å². The highest BCUT2D eigenvalue weighted by atomic mass is 16.5. The van der Waals surface area contributed by atoms with Crippen molar-refractivity contribution < 1.29 is 13.9 Å². The first-order valence-corrected chi connectivity index (χ1v) is 8.37. The van der Waals surface area contributed by atoms with Crippen LogP contribution in [0.1, 0.15) is 35.7 Å². The fraction of sp³-hybridized carbons (Fsp3) is 0.421. The van der Waals surface area contributed by atoms with Crippen molar-refractivity contribution in [1.82, 2.24) is 4.90 Å². The molecule has 0 aliphatic rings. The molecule has 1 amide bonds. The number of furan rings is 1. The number of nitrogens with one attached hydrogen (secondary N) is 1. The van der Waals surface area contributed by atoms with Crippen LogP contribution in [-0.2, 0) is 0 Å². The average Bonchev–Trinajstić information content (AvgIpc) is 2.91. The van der Waals surface area contributed by atoms with Crippen LogP contribution in [-0.4, -0.2) is 37.0 Å². The number of hydrogen-bond acceptors (Lipinski definition) is 4. The summed E-state index contributed by atoms with van der Waals surface area (Å²) in [7, 11) is 0. The van der Waals surface area contributed by atoms with Gasteiger partial charge >= 0.3 is 0 Å². The molecule has 1 aromatic carbocycles. The smallest absolute Gasteiger partial charge is 0.259 e. The minimum Gasteiger partial charge on any atom is -0.490 e. The molecule has 5 nitrogen and oxygen atoms in total. The van der Waals surface area contributed by atoms with Crippen LogP contribution in [0.2, 0.25) is 0 Å². The molecule has 2 aromatic rings. The lowest BCUT2D eigenvalue weighted by atomic mass is 10.2. The van der Waals surface area contributed by atoms with Crippen LogP contribution < -0.4 is 10.1 Å². The SMILES string of the molecule is CCN(CC)CCOc1ccccc1NC(=O)c1cc(C)oc1C. The third kappa shape index (κ3) is 4.61. The summed E-state index contributed by atoms with van der Waals surface area (Å²) in [6.45, 7) is 11.3. The van der Waals surface area contributed by atoms with E-state index in [-0.39, 0.29) is 5.91 Å². The minimum absolute atomic E-state index is 0.191. The molecule has 1 aromatic heterocycles. The molecule has 0 unspecified atom stereocenters. The Morgan fingerprint density at radius 3 is 2.54 bits per heavy atom. The van der Waals surface area contributed by atoms with Gasteiger partial charge in [-0.3, -0.25) is 4.79 Å². The van der Waals surface area contributed by atoms with Crippen molar-refractivity contribution >= 4 is 11.6 Å². The van der Waals surface area contributed by atoms with Crippen molar-refractivity contribution in [2.45, 2.75) is 27.7 Å². The molecule has 2 rings (SSSR count). The molecule has 0 fully saturated rings. The zero-order valence-corrected chi connectivity index (χ0v) is 14.9.